The van der Waals surface area contributed by atoms with Crippen LogP contribution in [0.2, 0.25) is 0 Å². The summed E-state index contributed by atoms with van der Waals surface area (Å²) in [4.78, 5) is 0. The van der Waals surface area contributed by atoms with Gasteiger partial charge in [-0.3, -0.25) is 0 Å². The van der Waals surface area contributed by atoms with E-state index in [1.807, 2.05) is 13.8 Å². The molecule has 5 heteroatoms. The normalized spacial score (nSPS) is 11.9. The van der Waals surface area contributed by atoms with Crippen molar-refractivity contribution < 1.29 is 17.9 Å². The van der Waals surface area contributed by atoms with Crippen LogP contribution >= 0.6 is 0 Å². The molecule has 0 saturated heterocycles. The van der Waals surface area contributed by atoms with E-state index >= 15 is 0 Å². The number of alkyl halides is 3. The second-order valence-electron chi connectivity index (χ2n) is 3.95. The Balaban J connectivity index is 2.83. The molecule has 0 bridgehead atoms. The maximum atomic E-state index is 12.4. The van der Waals surface area contributed by atoms with Gasteiger partial charge >= 0.3 is 6.18 Å². The van der Waals surface area contributed by atoms with Gasteiger partial charge in [-0.25, -0.2) is 0 Å². The average molecular weight is 233 g/mol. The number of anilines is 1. The molecule has 0 aliphatic heterocycles. The number of benzene rings is 1. The Morgan fingerprint density at radius 2 is 1.94 bits per heavy atom. The molecule has 0 spiro atoms. The zero-order valence-corrected chi connectivity index (χ0v) is 9.14. The molecule has 0 radical (unpaired) electrons. The van der Waals surface area contributed by atoms with E-state index in [1.165, 1.54) is 12.1 Å². The van der Waals surface area contributed by atoms with E-state index < -0.39 is 11.7 Å². The molecule has 0 unspecified atom stereocenters. The molecule has 1 rings (SSSR count). The topological polar surface area (TPSA) is 35.2 Å². The lowest BCUT2D eigenvalue weighted by Crippen LogP contribution is -2.10. The largest absolute Gasteiger partial charge is 0.493 e. The van der Waals surface area contributed by atoms with E-state index in [2.05, 4.69) is 0 Å². The Bertz CT molecular complexity index is 361. The molecule has 16 heavy (non-hydrogen) atoms. The minimum atomic E-state index is -4.42. The monoisotopic (exact) mass is 233 g/mol. The molecular weight excluding hydrogens is 219 g/mol. The first-order valence-electron chi connectivity index (χ1n) is 4.90. The second-order valence-corrected chi connectivity index (χ2v) is 3.95. The molecule has 0 heterocycles. The maximum Gasteiger partial charge on any atom is 0.418 e. The predicted octanol–water partition coefficient (Wildman–Crippen LogP) is 3.32. The number of halogens is 3. The highest BCUT2D eigenvalue weighted by atomic mass is 19.4. The van der Waals surface area contributed by atoms with Crippen LogP contribution in [0.3, 0.4) is 0 Å². The van der Waals surface area contributed by atoms with E-state index in [4.69, 9.17) is 10.5 Å². The molecule has 0 atom stereocenters. The Labute approximate surface area is 92.2 Å². The standard InChI is InChI=1S/C11H14F3NO/c1-7(2)6-16-8-3-4-9(10(15)5-8)11(12,13)14/h3-5,7H,6,15H2,1-2H3. The quantitative estimate of drug-likeness (QED) is 0.813. The summed E-state index contributed by atoms with van der Waals surface area (Å²) in [6, 6.07) is 3.41. The summed E-state index contributed by atoms with van der Waals surface area (Å²) in [5, 5.41) is 0. The third kappa shape index (κ3) is 3.32. The zero-order chi connectivity index (χ0) is 12.3. The lowest BCUT2D eigenvalue weighted by atomic mass is 10.1. The molecule has 0 fully saturated rings. The van der Waals surface area contributed by atoms with E-state index in [0.29, 0.717) is 18.3 Å². The summed E-state index contributed by atoms with van der Waals surface area (Å²) in [7, 11) is 0. The molecule has 0 aromatic heterocycles. The van der Waals surface area contributed by atoms with Crippen molar-refractivity contribution in [1.82, 2.24) is 0 Å². The predicted molar refractivity (Wildman–Crippen MR) is 56.2 cm³/mol. The zero-order valence-electron chi connectivity index (χ0n) is 9.14. The van der Waals surface area contributed by atoms with Gasteiger partial charge in [-0.05, 0) is 18.1 Å². The SMILES string of the molecule is CC(C)COc1ccc(C(F)(F)F)c(N)c1. The number of hydrogen-bond donors (Lipinski definition) is 1. The number of nitrogen functional groups attached to an aromatic ring is 1. The molecule has 90 valence electrons. The molecule has 2 N–H and O–H groups in total. The van der Waals surface area contributed by atoms with Crippen LogP contribution in [-0.4, -0.2) is 6.61 Å². The van der Waals surface area contributed by atoms with Crippen molar-refractivity contribution >= 4 is 5.69 Å². The van der Waals surface area contributed by atoms with Gasteiger partial charge < -0.3 is 10.5 Å². The van der Waals surface area contributed by atoms with Gasteiger partial charge in [0.25, 0.3) is 0 Å². The van der Waals surface area contributed by atoms with Crippen LogP contribution in [-0.2, 0) is 6.18 Å². The van der Waals surface area contributed by atoms with Gasteiger partial charge in [-0.1, -0.05) is 13.8 Å². The first kappa shape index (κ1) is 12.7. The Hall–Kier alpha value is -1.39. The van der Waals surface area contributed by atoms with Crippen LogP contribution in [0.25, 0.3) is 0 Å². The minimum Gasteiger partial charge on any atom is -0.493 e. The molecule has 0 aliphatic carbocycles. The number of rotatable bonds is 3. The highest BCUT2D eigenvalue weighted by Crippen LogP contribution is 2.35. The summed E-state index contributed by atoms with van der Waals surface area (Å²) in [5.74, 6) is 0.669. The van der Waals surface area contributed by atoms with Crippen molar-refractivity contribution in [3.63, 3.8) is 0 Å². The molecule has 0 aliphatic rings. The highest BCUT2D eigenvalue weighted by Gasteiger charge is 2.32. The fourth-order valence-electron chi connectivity index (χ4n) is 1.15. The second kappa shape index (κ2) is 4.63. The lowest BCUT2D eigenvalue weighted by molar-refractivity contribution is -0.136. The van der Waals surface area contributed by atoms with Gasteiger partial charge in [0.1, 0.15) is 5.75 Å². The fraction of sp³-hybridized carbons (Fsp3) is 0.455. The van der Waals surface area contributed by atoms with Gasteiger partial charge in [-0.15, -0.1) is 0 Å². The number of ether oxygens (including phenoxy) is 1. The Morgan fingerprint density at radius 1 is 1.31 bits per heavy atom. The van der Waals surface area contributed by atoms with Gasteiger partial charge in [0.05, 0.1) is 12.2 Å². The molecule has 1 aromatic carbocycles. The van der Waals surface area contributed by atoms with Crippen molar-refractivity contribution in [3.8, 4) is 5.75 Å². The summed E-state index contributed by atoms with van der Waals surface area (Å²) >= 11 is 0. The summed E-state index contributed by atoms with van der Waals surface area (Å²) < 4.78 is 42.4. The number of hydrogen-bond acceptors (Lipinski definition) is 2. The van der Waals surface area contributed by atoms with E-state index in [1.54, 1.807) is 0 Å². The van der Waals surface area contributed by atoms with Crippen LogP contribution < -0.4 is 10.5 Å². The smallest absolute Gasteiger partial charge is 0.418 e. The number of nitrogens with two attached hydrogens (primary N) is 1. The van der Waals surface area contributed by atoms with Crippen molar-refractivity contribution in [2.75, 3.05) is 12.3 Å². The highest BCUT2D eigenvalue weighted by molar-refractivity contribution is 5.52. The van der Waals surface area contributed by atoms with Gasteiger partial charge in [0.2, 0.25) is 0 Å². The summed E-state index contributed by atoms with van der Waals surface area (Å²) in [6.07, 6.45) is -4.42. The summed E-state index contributed by atoms with van der Waals surface area (Å²) in [6.45, 7) is 4.35. The van der Waals surface area contributed by atoms with E-state index in [9.17, 15) is 13.2 Å². The Morgan fingerprint density at radius 3 is 2.38 bits per heavy atom. The summed E-state index contributed by atoms with van der Waals surface area (Å²) in [5.41, 5.74) is 4.17. The molecule has 0 amide bonds. The fourth-order valence-corrected chi connectivity index (χ4v) is 1.15. The molecule has 0 saturated carbocycles. The van der Waals surface area contributed by atoms with Crippen molar-refractivity contribution in [1.29, 1.82) is 0 Å². The van der Waals surface area contributed by atoms with Gasteiger partial charge in [0, 0.05) is 11.8 Å². The first-order valence-corrected chi connectivity index (χ1v) is 4.90. The van der Waals surface area contributed by atoms with Crippen molar-refractivity contribution in [3.05, 3.63) is 23.8 Å². The third-order valence-corrected chi connectivity index (χ3v) is 1.91. The van der Waals surface area contributed by atoms with Crippen LogP contribution in [0.1, 0.15) is 19.4 Å². The van der Waals surface area contributed by atoms with E-state index in [-0.39, 0.29) is 5.69 Å². The lowest BCUT2D eigenvalue weighted by Gasteiger charge is -2.13. The Kier molecular flexibility index (Phi) is 3.67. The molecule has 2 nitrogen and oxygen atoms in total. The van der Waals surface area contributed by atoms with Gasteiger partial charge in [-0.2, -0.15) is 13.2 Å². The van der Waals surface area contributed by atoms with E-state index in [0.717, 1.165) is 6.07 Å². The average Bonchev–Trinajstić information content (AvgIpc) is 2.12. The van der Waals surface area contributed by atoms with Crippen LogP contribution in [0.15, 0.2) is 18.2 Å². The third-order valence-electron chi connectivity index (χ3n) is 1.91. The van der Waals surface area contributed by atoms with Gasteiger partial charge in [0.15, 0.2) is 0 Å². The van der Waals surface area contributed by atoms with Crippen LogP contribution in [0.5, 0.6) is 5.75 Å². The maximum absolute atomic E-state index is 12.4. The molecule has 1 aromatic rings. The van der Waals surface area contributed by atoms with Crippen molar-refractivity contribution in [2.45, 2.75) is 20.0 Å². The van der Waals surface area contributed by atoms with Crippen LogP contribution in [0, 0.1) is 5.92 Å². The van der Waals surface area contributed by atoms with Crippen molar-refractivity contribution in [2.24, 2.45) is 5.92 Å². The first-order chi connectivity index (χ1) is 7.30. The molecular formula is C11H14F3NO. The minimum absolute atomic E-state index is 0.309. The van der Waals surface area contributed by atoms with Crippen LogP contribution in [0.4, 0.5) is 18.9 Å².